The van der Waals surface area contributed by atoms with Gasteiger partial charge in [0.2, 0.25) is 15.9 Å². The maximum atomic E-state index is 13.1. The van der Waals surface area contributed by atoms with Crippen molar-refractivity contribution in [2.45, 2.75) is 50.8 Å². The minimum absolute atomic E-state index is 0.0360. The third kappa shape index (κ3) is 7.18. The predicted octanol–water partition coefficient (Wildman–Crippen LogP) is 3.53. The molecule has 1 aliphatic rings. The van der Waals surface area contributed by atoms with Crippen LogP contribution in [0.2, 0.25) is 0 Å². The van der Waals surface area contributed by atoms with Crippen LogP contribution in [0.4, 0.5) is 5.69 Å². The number of ether oxygens (including phenoxy) is 1. The summed E-state index contributed by atoms with van der Waals surface area (Å²) in [6, 6.07) is 7.54. The summed E-state index contributed by atoms with van der Waals surface area (Å²) in [5.74, 6) is 1.17. The Bertz CT molecular complexity index is 1060. The Hall–Kier alpha value is -2.65. The summed E-state index contributed by atoms with van der Waals surface area (Å²) in [7, 11) is -0.445. The zero-order chi connectivity index (χ0) is 25.4. The average molecular weight is 503 g/mol. The van der Waals surface area contributed by atoms with Crippen LogP contribution in [-0.2, 0) is 14.8 Å². The van der Waals surface area contributed by atoms with Gasteiger partial charge in [0.25, 0.3) is 0 Å². The number of nitrogens with one attached hydrogen (secondary N) is 1. The van der Waals surface area contributed by atoms with Crippen LogP contribution in [0.15, 0.2) is 41.6 Å². The predicted molar refractivity (Wildman–Crippen MR) is 138 cm³/mol. The quantitative estimate of drug-likeness (QED) is 0.473. The number of carbonyl (C=O) groups is 1. The minimum atomic E-state index is -3.61. The third-order valence-electron chi connectivity index (χ3n) is 6.69. The molecule has 0 bridgehead atoms. The zero-order valence-electron chi connectivity index (χ0n) is 21.3. The largest absolute Gasteiger partial charge is 0.497 e. The van der Waals surface area contributed by atoms with Crippen molar-refractivity contribution < 1.29 is 17.9 Å². The molecule has 0 radical (unpaired) electrons. The molecule has 1 aliphatic heterocycles. The SMILES string of the molecule is COc1cc(C)c(S(=O)(=O)N(C)CCCCC(=O)NCC2CCN(c3ccncc3)CC2)c(C)c1. The number of benzene rings is 1. The lowest BCUT2D eigenvalue weighted by Crippen LogP contribution is -2.38. The molecule has 0 unspecified atom stereocenters. The first-order chi connectivity index (χ1) is 16.7. The first-order valence-electron chi connectivity index (χ1n) is 12.3. The molecular weight excluding hydrogens is 464 g/mol. The van der Waals surface area contributed by atoms with Crippen molar-refractivity contribution in [3.63, 3.8) is 0 Å². The van der Waals surface area contributed by atoms with E-state index < -0.39 is 10.0 Å². The molecule has 1 aromatic carbocycles. The van der Waals surface area contributed by atoms with Gasteiger partial charge in [0.1, 0.15) is 5.75 Å². The van der Waals surface area contributed by atoms with Crippen molar-refractivity contribution in [1.29, 1.82) is 0 Å². The Labute approximate surface area is 209 Å². The van der Waals surface area contributed by atoms with Crippen molar-refractivity contribution in [3.05, 3.63) is 47.8 Å². The van der Waals surface area contributed by atoms with E-state index in [1.165, 1.54) is 9.99 Å². The number of aryl methyl sites for hydroxylation is 2. The molecule has 35 heavy (non-hydrogen) atoms. The Balaban J connectivity index is 1.36. The third-order valence-corrected chi connectivity index (χ3v) is 8.86. The summed E-state index contributed by atoms with van der Waals surface area (Å²) >= 11 is 0. The summed E-state index contributed by atoms with van der Waals surface area (Å²) in [6.07, 6.45) is 7.41. The van der Waals surface area contributed by atoms with Crippen LogP contribution in [0.5, 0.6) is 5.75 Å². The van der Waals surface area contributed by atoms with Crippen molar-refractivity contribution in [3.8, 4) is 5.75 Å². The van der Waals surface area contributed by atoms with Gasteiger partial charge in [0, 0.05) is 57.7 Å². The van der Waals surface area contributed by atoms with E-state index in [2.05, 4.69) is 15.2 Å². The smallest absolute Gasteiger partial charge is 0.243 e. The molecule has 8 nitrogen and oxygen atoms in total. The van der Waals surface area contributed by atoms with Gasteiger partial charge in [-0.3, -0.25) is 9.78 Å². The number of amides is 1. The second-order valence-electron chi connectivity index (χ2n) is 9.31. The molecule has 0 spiro atoms. The molecule has 0 saturated carbocycles. The summed E-state index contributed by atoms with van der Waals surface area (Å²) in [4.78, 5) is 19.1. The molecule has 9 heteroatoms. The zero-order valence-corrected chi connectivity index (χ0v) is 22.1. The number of piperidine rings is 1. The fourth-order valence-corrected chi connectivity index (χ4v) is 6.24. The van der Waals surface area contributed by atoms with Crippen molar-refractivity contribution in [2.24, 2.45) is 5.92 Å². The molecule has 1 fully saturated rings. The highest BCUT2D eigenvalue weighted by molar-refractivity contribution is 7.89. The van der Waals surface area contributed by atoms with Gasteiger partial charge in [-0.1, -0.05) is 0 Å². The lowest BCUT2D eigenvalue weighted by molar-refractivity contribution is -0.121. The van der Waals surface area contributed by atoms with Crippen LogP contribution in [0.25, 0.3) is 0 Å². The molecule has 3 rings (SSSR count). The van der Waals surface area contributed by atoms with Crippen molar-refractivity contribution >= 4 is 21.6 Å². The van der Waals surface area contributed by atoms with Crippen LogP contribution in [-0.4, -0.2) is 64.0 Å². The number of sulfonamides is 1. The molecule has 2 aromatic rings. The van der Waals surface area contributed by atoms with E-state index in [4.69, 9.17) is 4.74 Å². The highest BCUT2D eigenvalue weighted by Crippen LogP contribution is 2.28. The number of hydrogen-bond acceptors (Lipinski definition) is 6. The van der Waals surface area contributed by atoms with E-state index in [9.17, 15) is 13.2 Å². The molecule has 1 aromatic heterocycles. The average Bonchev–Trinajstić information content (AvgIpc) is 2.85. The van der Waals surface area contributed by atoms with Crippen molar-refractivity contribution in [2.75, 3.05) is 45.2 Å². The Morgan fingerprint density at radius 2 is 1.77 bits per heavy atom. The van der Waals surface area contributed by atoms with E-state index >= 15 is 0 Å². The van der Waals surface area contributed by atoms with E-state index in [-0.39, 0.29) is 5.91 Å². The van der Waals surface area contributed by atoms with Gasteiger partial charge in [0.15, 0.2) is 0 Å². The second-order valence-corrected chi connectivity index (χ2v) is 11.3. The van der Waals surface area contributed by atoms with Gasteiger partial charge in [0.05, 0.1) is 12.0 Å². The van der Waals surface area contributed by atoms with Gasteiger partial charge in [-0.05, 0) is 80.8 Å². The van der Waals surface area contributed by atoms with Gasteiger partial charge in [-0.25, -0.2) is 12.7 Å². The van der Waals surface area contributed by atoms with Crippen LogP contribution in [0.3, 0.4) is 0 Å². The molecule has 0 aliphatic carbocycles. The van der Waals surface area contributed by atoms with E-state index in [1.807, 2.05) is 24.5 Å². The number of aromatic nitrogens is 1. The number of unbranched alkanes of at least 4 members (excludes halogenated alkanes) is 1. The number of hydrogen-bond donors (Lipinski definition) is 1. The highest BCUT2D eigenvalue weighted by Gasteiger charge is 2.25. The van der Waals surface area contributed by atoms with Crippen LogP contribution >= 0.6 is 0 Å². The molecule has 192 valence electrons. The molecular formula is C26H38N4O4S. The highest BCUT2D eigenvalue weighted by atomic mass is 32.2. The number of methoxy groups -OCH3 is 1. The lowest BCUT2D eigenvalue weighted by atomic mass is 9.96. The van der Waals surface area contributed by atoms with Gasteiger partial charge in [-0.2, -0.15) is 0 Å². The van der Waals surface area contributed by atoms with E-state index in [0.29, 0.717) is 60.0 Å². The maximum absolute atomic E-state index is 13.1. The molecule has 1 saturated heterocycles. The Kier molecular flexibility index (Phi) is 9.51. The maximum Gasteiger partial charge on any atom is 0.243 e. The first kappa shape index (κ1) is 26.9. The number of pyridine rings is 1. The normalized spacial score (nSPS) is 14.8. The molecule has 1 N–H and O–H groups in total. The van der Waals surface area contributed by atoms with E-state index in [0.717, 1.165) is 25.9 Å². The van der Waals surface area contributed by atoms with Crippen molar-refractivity contribution in [1.82, 2.24) is 14.6 Å². The van der Waals surface area contributed by atoms with E-state index in [1.54, 1.807) is 40.1 Å². The summed E-state index contributed by atoms with van der Waals surface area (Å²) in [6.45, 7) is 6.60. The van der Waals surface area contributed by atoms with Gasteiger partial charge < -0.3 is 15.0 Å². The van der Waals surface area contributed by atoms with Crippen LogP contribution < -0.4 is 15.0 Å². The molecule has 0 atom stereocenters. The number of nitrogens with zero attached hydrogens (tertiary/aromatic N) is 3. The summed E-state index contributed by atoms with van der Waals surface area (Å²) in [5.41, 5.74) is 2.53. The molecule has 2 heterocycles. The second kappa shape index (κ2) is 12.4. The Morgan fingerprint density at radius 3 is 2.37 bits per heavy atom. The van der Waals surface area contributed by atoms with Gasteiger partial charge >= 0.3 is 0 Å². The molecule has 1 amide bonds. The fraction of sp³-hybridized carbons (Fsp3) is 0.538. The summed E-state index contributed by atoms with van der Waals surface area (Å²) < 4.78 is 32.8. The summed E-state index contributed by atoms with van der Waals surface area (Å²) in [5, 5.41) is 3.07. The fourth-order valence-electron chi connectivity index (χ4n) is 4.63. The number of carbonyl (C=O) groups excluding carboxylic acids is 1. The monoisotopic (exact) mass is 502 g/mol. The van der Waals surface area contributed by atoms with Gasteiger partial charge in [-0.15, -0.1) is 0 Å². The minimum Gasteiger partial charge on any atom is -0.497 e. The van der Waals surface area contributed by atoms with Crippen LogP contribution in [0, 0.1) is 19.8 Å². The number of anilines is 1. The van der Waals surface area contributed by atoms with Crippen LogP contribution in [0.1, 0.15) is 43.2 Å². The topological polar surface area (TPSA) is 91.8 Å². The standard InChI is InChI=1S/C26H38N4O4S/c1-20-17-24(34-4)18-21(2)26(20)35(32,33)29(3)14-6-5-7-25(31)28-19-22-10-15-30(16-11-22)23-8-12-27-13-9-23/h8-9,12-13,17-18,22H,5-7,10-11,14-16,19H2,1-4H3,(H,28,31). The first-order valence-corrected chi connectivity index (χ1v) is 13.7. The lowest BCUT2D eigenvalue weighted by Gasteiger charge is -2.33. The number of rotatable bonds is 11. The Morgan fingerprint density at radius 1 is 1.14 bits per heavy atom.